The van der Waals surface area contributed by atoms with Crippen LogP contribution in [0, 0.1) is 5.82 Å². The van der Waals surface area contributed by atoms with E-state index in [1.807, 2.05) is 6.07 Å². The molecule has 1 aromatic rings. The van der Waals surface area contributed by atoms with Gasteiger partial charge in [-0.15, -0.1) is 0 Å². The lowest BCUT2D eigenvalue weighted by Gasteiger charge is -2.28. The van der Waals surface area contributed by atoms with Crippen molar-refractivity contribution in [1.29, 1.82) is 0 Å². The first kappa shape index (κ1) is 15.4. The molecule has 0 spiro atoms. The van der Waals surface area contributed by atoms with Gasteiger partial charge in [0, 0.05) is 12.6 Å². The highest BCUT2D eigenvalue weighted by molar-refractivity contribution is 7.91. The summed E-state index contributed by atoms with van der Waals surface area (Å²) in [4.78, 5) is 2.20. The first-order valence-electron chi connectivity index (χ1n) is 7.19. The largest absolute Gasteiger partial charge is 0.295 e. The average Bonchev–Trinajstić information content (AvgIpc) is 2.75. The smallest absolute Gasteiger partial charge is 0.151 e. The molecule has 0 N–H and O–H groups in total. The summed E-state index contributed by atoms with van der Waals surface area (Å²) in [6, 6.07) is 6.64. The Morgan fingerprint density at radius 1 is 1.40 bits per heavy atom. The fourth-order valence-electron chi connectivity index (χ4n) is 2.69. The molecule has 0 unspecified atom stereocenters. The van der Waals surface area contributed by atoms with Crippen LogP contribution in [-0.4, -0.2) is 37.4 Å². The van der Waals surface area contributed by atoms with Crippen molar-refractivity contribution in [1.82, 2.24) is 4.90 Å². The molecule has 1 aliphatic heterocycles. The van der Waals surface area contributed by atoms with E-state index in [0.29, 0.717) is 13.0 Å². The second-order valence-corrected chi connectivity index (χ2v) is 7.74. The van der Waals surface area contributed by atoms with Gasteiger partial charge in [-0.05, 0) is 37.1 Å². The van der Waals surface area contributed by atoms with Crippen LogP contribution in [0.3, 0.4) is 0 Å². The summed E-state index contributed by atoms with van der Waals surface area (Å²) < 4.78 is 36.5. The second-order valence-electron chi connectivity index (χ2n) is 5.51. The maximum absolute atomic E-state index is 13.3. The molecule has 112 valence electrons. The summed E-state index contributed by atoms with van der Waals surface area (Å²) in [7, 11) is -2.88. The molecular formula is C15H22FNO2S. The minimum Gasteiger partial charge on any atom is -0.295 e. The standard InChI is InChI=1S/C15H22FNO2S/c1-2-3-8-17(15-7-9-20(18,19)12-15)11-13-5-4-6-14(16)10-13/h4-6,10,15H,2-3,7-9,11-12H2,1H3/t15-/m1/s1. The maximum atomic E-state index is 13.3. The van der Waals surface area contributed by atoms with Gasteiger partial charge in [-0.3, -0.25) is 4.90 Å². The number of halogens is 1. The molecule has 5 heteroatoms. The van der Waals surface area contributed by atoms with Gasteiger partial charge in [-0.2, -0.15) is 0 Å². The Labute approximate surface area is 120 Å². The third kappa shape index (κ3) is 4.28. The van der Waals surface area contributed by atoms with E-state index < -0.39 is 9.84 Å². The van der Waals surface area contributed by atoms with E-state index in [1.165, 1.54) is 12.1 Å². The topological polar surface area (TPSA) is 37.4 Å². The van der Waals surface area contributed by atoms with Crippen LogP contribution in [0.2, 0.25) is 0 Å². The Morgan fingerprint density at radius 3 is 2.80 bits per heavy atom. The van der Waals surface area contributed by atoms with Crippen LogP contribution in [0.15, 0.2) is 24.3 Å². The van der Waals surface area contributed by atoms with Crippen LogP contribution in [0.5, 0.6) is 0 Å². The van der Waals surface area contributed by atoms with E-state index >= 15 is 0 Å². The predicted octanol–water partition coefficient (Wildman–Crippen LogP) is 2.61. The van der Waals surface area contributed by atoms with Gasteiger partial charge < -0.3 is 0 Å². The van der Waals surface area contributed by atoms with E-state index in [1.54, 1.807) is 6.07 Å². The van der Waals surface area contributed by atoms with E-state index in [2.05, 4.69) is 11.8 Å². The van der Waals surface area contributed by atoms with Crippen LogP contribution >= 0.6 is 0 Å². The number of hydrogen-bond acceptors (Lipinski definition) is 3. The van der Waals surface area contributed by atoms with Gasteiger partial charge >= 0.3 is 0 Å². The molecule has 1 fully saturated rings. The van der Waals surface area contributed by atoms with Crippen LogP contribution in [-0.2, 0) is 16.4 Å². The Kier molecular flexibility index (Phi) is 5.16. The van der Waals surface area contributed by atoms with E-state index in [-0.39, 0.29) is 23.4 Å². The molecule has 0 saturated carbocycles. The molecule has 20 heavy (non-hydrogen) atoms. The summed E-state index contributed by atoms with van der Waals surface area (Å²) in [6.07, 6.45) is 2.80. The van der Waals surface area contributed by atoms with Crippen LogP contribution in [0.4, 0.5) is 4.39 Å². The number of unbranched alkanes of at least 4 members (excludes halogenated alkanes) is 1. The summed E-state index contributed by atoms with van der Waals surface area (Å²) in [5.74, 6) is 0.284. The molecule has 2 rings (SSSR count). The number of sulfone groups is 1. The van der Waals surface area contributed by atoms with Crippen molar-refractivity contribution in [2.24, 2.45) is 0 Å². The van der Waals surface area contributed by atoms with Crippen LogP contribution in [0.1, 0.15) is 31.7 Å². The number of hydrogen-bond donors (Lipinski definition) is 0. The number of nitrogens with zero attached hydrogens (tertiary/aromatic N) is 1. The summed E-state index contributed by atoms with van der Waals surface area (Å²) >= 11 is 0. The normalized spacial score (nSPS) is 21.4. The van der Waals surface area contributed by atoms with Crippen LogP contribution in [0.25, 0.3) is 0 Å². The van der Waals surface area contributed by atoms with Crippen molar-refractivity contribution in [3.63, 3.8) is 0 Å². The third-order valence-corrected chi connectivity index (χ3v) is 5.55. The average molecular weight is 299 g/mol. The van der Waals surface area contributed by atoms with E-state index in [0.717, 1.165) is 24.9 Å². The molecule has 0 aliphatic carbocycles. The van der Waals surface area contributed by atoms with Crippen molar-refractivity contribution < 1.29 is 12.8 Å². The van der Waals surface area contributed by atoms with Gasteiger partial charge in [0.2, 0.25) is 0 Å². The van der Waals surface area contributed by atoms with Gasteiger partial charge in [-0.25, -0.2) is 12.8 Å². The SMILES string of the molecule is CCCCN(Cc1cccc(F)c1)[C@@H]1CCS(=O)(=O)C1. The lowest BCUT2D eigenvalue weighted by Crippen LogP contribution is -2.36. The molecule has 1 heterocycles. The fraction of sp³-hybridized carbons (Fsp3) is 0.600. The minimum absolute atomic E-state index is 0.0785. The molecule has 0 bridgehead atoms. The predicted molar refractivity (Wildman–Crippen MR) is 78.8 cm³/mol. The Morgan fingerprint density at radius 2 is 2.20 bits per heavy atom. The van der Waals surface area contributed by atoms with Crippen molar-refractivity contribution in [2.75, 3.05) is 18.1 Å². The van der Waals surface area contributed by atoms with Gasteiger partial charge in [0.25, 0.3) is 0 Å². The van der Waals surface area contributed by atoms with Crippen molar-refractivity contribution in [3.05, 3.63) is 35.6 Å². The van der Waals surface area contributed by atoms with E-state index in [9.17, 15) is 12.8 Å². The Bertz CT molecular complexity index is 545. The first-order valence-corrected chi connectivity index (χ1v) is 9.01. The van der Waals surface area contributed by atoms with Crippen LogP contribution < -0.4 is 0 Å². The molecule has 1 aromatic carbocycles. The molecule has 3 nitrogen and oxygen atoms in total. The highest BCUT2D eigenvalue weighted by atomic mass is 32.2. The van der Waals surface area contributed by atoms with Gasteiger partial charge in [0.15, 0.2) is 9.84 Å². The molecule has 1 saturated heterocycles. The fourth-order valence-corrected chi connectivity index (χ4v) is 4.45. The quantitative estimate of drug-likeness (QED) is 0.810. The Balaban J connectivity index is 2.07. The lowest BCUT2D eigenvalue weighted by atomic mass is 10.1. The third-order valence-electron chi connectivity index (χ3n) is 3.80. The summed E-state index contributed by atoms with van der Waals surface area (Å²) in [5, 5.41) is 0. The summed E-state index contributed by atoms with van der Waals surface area (Å²) in [5.41, 5.74) is 0.908. The maximum Gasteiger partial charge on any atom is 0.151 e. The van der Waals surface area contributed by atoms with E-state index in [4.69, 9.17) is 0 Å². The molecular weight excluding hydrogens is 277 g/mol. The highest BCUT2D eigenvalue weighted by Gasteiger charge is 2.31. The molecule has 0 radical (unpaired) electrons. The highest BCUT2D eigenvalue weighted by Crippen LogP contribution is 2.20. The number of benzene rings is 1. The van der Waals surface area contributed by atoms with Gasteiger partial charge in [0.05, 0.1) is 11.5 Å². The van der Waals surface area contributed by atoms with Crippen molar-refractivity contribution in [2.45, 2.75) is 38.8 Å². The van der Waals surface area contributed by atoms with Crippen molar-refractivity contribution >= 4 is 9.84 Å². The monoisotopic (exact) mass is 299 g/mol. The van der Waals surface area contributed by atoms with Crippen molar-refractivity contribution in [3.8, 4) is 0 Å². The zero-order valence-electron chi connectivity index (χ0n) is 11.9. The molecule has 1 atom stereocenters. The summed E-state index contributed by atoms with van der Waals surface area (Å²) in [6.45, 7) is 3.61. The van der Waals surface area contributed by atoms with Gasteiger partial charge in [0.1, 0.15) is 5.82 Å². The molecule has 0 aromatic heterocycles. The lowest BCUT2D eigenvalue weighted by molar-refractivity contribution is 0.200. The van der Waals surface area contributed by atoms with Gasteiger partial charge in [-0.1, -0.05) is 25.5 Å². The zero-order valence-corrected chi connectivity index (χ0v) is 12.7. The number of rotatable bonds is 6. The molecule has 0 amide bonds. The molecule has 1 aliphatic rings. The minimum atomic E-state index is -2.88. The zero-order chi connectivity index (χ0) is 14.6. The Hall–Kier alpha value is -0.940. The first-order chi connectivity index (χ1) is 9.50. The second kappa shape index (κ2) is 6.68.